The molecule has 2 aromatic rings. The minimum atomic E-state index is -0.0349. The van der Waals surface area contributed by atoms with E-state index in [1.165, 1.54) is 37.7 Å². The van der Waals surface area contributed by atoms with Gasteiger partial charge in [-0.1, -0.05) is 30.9 Å². The molecule has 1 aromatic carbocycles. The molecule has 0 radical (unpaired) electrons. The van der Waals surface area contributed by atoms with E-state index in [0.29, 0.717) is 12.6 Å². The topological polar surface area (TPSA) is 57.4 Å². The zero-order valence-corrected chi connectivity index (χ0v) is 18.9. The van der Waals surface area contributed by atoms with Gasteiger partial charge in [0.1, 0.15) is 0 Å². The summed E-state index contributed by atoms with van der Waals surface area (Å²) in [6.45, 7) is 6.16. The minimum Gasteiger partial charge on any atom is -0.376 e. The molecule has 1 aromatic heterocycles. The van der Waals surface area contributed by atoms with Crippen LogP contribution < -0.4 is 10.9 Å². The molecule has 162 valence electrons. The average Bonchev–Trinajstić information content (AvgIpc) is 3.22. The van der Waals surface area contributed by atoms with Crippen LogP contribution in [-0.2, 0) is 11.3 Å². The molecule has 0 bridgehead atoms. The fourth-order valence-electron chi connectivity index (χ4n) is 4.82. The molecule has 6 heteroatoms. The van der Waals surface area contributed by atoms with Crippen LogP contribution in [0.3, 0.4) is 0 Å². The first-order valence-electron chi connectivity index (χ1n) is 11.3. The number of benzene rings is 1. The fraction of sp³-hybridized carbons (Fsp3) is 0.583. The molecule has 1 saturated heterocycles. The normalized spacial score (nSPS) is 19.9. The van der Waals surface area contributed by atoms with Crippen molar-refractivity contribution in [1.29, 1.82) is 0 Å². The van der Waals surface area contributed by atoms with Gasteiger partial charge in [-0.3, -0.25) is 4.79 Å². The summed E-state index contributed by atoms with van der Waals surface area (Å²) in [4.78, 5) is 18.1. The van der Waals surface area contributed by atoms with Crippen molar-refractivity contribution in [2.75, 3.05) is 13.2 Å². The van der Waals surface area contributed by atoms with Crippen LogP contribution in [0.4, 0.5) is 0 Å². The van der Waals surface area contributed by atoms with Gasteiger partial charge in [0.25, 0.3) is 5.56 Å². The fourth-order valence-corrected chi connectivity index (χ4v) is 5.13. The summed E-state index contributed by atoms with van der Waals surface area (Å²) in [6.07, 6.45) is 8.50. The quantitative estimate of drug-likeness (QED) is 0.696. The number of nitrogens with one attached hydrogen (secondary N) is 2. The van der Waals surface area contributed by atoms with E-state index in [-0.39, 0.29) is 11.7 Å². The van der Waals surface area contributed by atoms with E-state index in [0.717, 1.165) is 53.1 Å². The lowest BCUT2D eigenvalue weighted by Gasteiger charge is -2.32. The summed E-state index contributed by atoms with van der Waals surface area (Å²) in [7, 11) is 0. The summed E-state index contributed by atoms with van der Waals surface area (Å²) in [5.41, 5.74) is 3.93. The van der Waals surface area contributed by atoms with Gasteiger partial charge in [-0.2, -0.15) is 0 Å². The summed E-state index contributed by atoms with van der Waals surface area (Å²) in [5.74, 6) is 0. The predicted octanol–water partition coefficient (Wildman–Crippen LogP) is 4.33. The molecule has 30 heavy (non-hydrogen) atoms. The molecule has 2 aliphatic rings. The van der Waals surface area contributed by atoms with Gasteiger partial charge in [0, 0.05) is 24.8 Å². The Labute approximate surface area is 184 Å². The molecule has 2 N–H and O–H groups in total. The Bertz CT molecular complexity index is 959. The Balaban J connectivity index is 1.57. The number of aromatic nitrogens is 1. The van der Waals surface area contributed by atoms with E-state index in [1.54, 1.807) is 0 Å². The highest BCUT2D eigenvalue weighted by atomic mass is 32.1. The molecule has 2 heterocycles. The molecule has 4 rings (SSSR count). The van der Waals surface area contributed by atoms with E-state index in [4.69, 9.17) is 17.0 Å². The highest BCUT2D eigenvalue weighted by Crippen LogP contribution is 2.21. The zero-order valence-electron chi connectivity index (χ0n) is 18.1. The third-order valence-electron chi connectivity index (χ3n) is 6.40. The number of fused-ring (bicyclic) bond motifs is 1. The molecule has 1 aliphatic heterocycles. The molecule has 2 fully saturated rings. The summed E-state index contributed by atoms with van der Waals surface area (Å²) in [5, 5.41) is 5.40. The molecular weight excluding hydrogens is 394 g/mol. The molecule has 1 atom stereocenters. The molecule has 1 aliphatic carbocycles. The van der Waals surface area contributed by atoms with Crippen molar-refractivity contribution in [1.82, 2.24) is 15.2 Å². The zero-order chi connectivity index (χ0) is 21.1. The van der Waals surface area contributed by atoms with Crippen molar-refractivity contribution < 1.29 is 4.74 Å². The van der Waals surface area contributed by atoms with Gasteiger partial charge < -0.3 is 19.9 Å². The Morgan fingerprint density at radius 3 is 2.70 bits per heavy atom. The van der Waals surface area contributed by atoms with Crippen LogP contribution >= 0.6 is 12.2 Å². The van der Waals surface area contributed by atoms with Gasteiger partial charge in [-0.25, -0.2) is 0 Å². The lowest BCUT2D eigenvalue weighted by atomic mass is 9.96. The van der Waals surface area contributed by atoms with Crippen LogP contribution in [0.15, 0.2) is 23.0 Å². The largest absolute Gasteiger partial charge is 0.376 e. The second-order valence-corrected chi connectivity index (χ2v) is 9.36. The van der Waals surface area contributed by atoms with Crippen molar-refractivity contribution >= 4 is 28.2 Å². The smallest absolute Gasteiger partial charge is 0.253 e. The van der Waals surface area contributed by atoms with Crippen LogP contribution in [0.1, 0.15) is 61.6 Å². The van der Waals surface area contributed by atoms with Crippen LogP contribution in [0.2, 0.25) is 0 Å². The predicted molar refractivity (Wildman–Crippen MR) is 126 cm³/mol. The maximum Gasteiger partial charge on any atom is 0.253 e. The van der Waals surface area contributed by atoms with Gasteiger partial charge in [0.2, 0.25) is 0 Å². The molecule has 5 nitrogen and oxygen atoms in total. The van der Waals surface area contributed by atoms with E-state index >= 15 is 0 Å². The van der Waals surface area contributed by atoms with Gasteiger partial charge in [-0.15, -0.1) is 0 Å². The van der Waals surface area contributed by atoms with E-state index < -0.39 is 0 Å². The average molecular weight is 428 g/mol. The Morgan fingerprint density at radius 1 is 1.17 bits per heavy atom. The first kappa shape index (κ1) is 21.3. The number of hydrogen-bond acceptors (Lipinski definition) is 3. The minimum absolute atomic E-state index is 0.0349. The number of nitrogens with zero attached hydrogens (tertiary/aromatic N) is 1. The second kappa shape index (κ2) is 9.48. The van der Waals surface area contributed by atoms with Crippen LogP contribution in [-0.4, -0.2) is 40.3 Å². The molecule has 0 unspecified atom stereocenters. The van der Waals surface area contributed by atoms with Crippen LogP contribution in [0.5, 0.6) is 0 Å². The monoisotopic (exact) mass is 427 g/mol. The first-order valence-corrected chi connectivity index (χ1v) is 11.7. The maximum absolute atomic E-state index is 12.9. The van der Waals surface area contributed by atoms with Gasteiger partial charge in [0.05, 0.1) is 18.2 Å². The van der Waals surface area contributed by atoms with Crippen LogP contribution in [0, 0.1) is 13.8 Å². The number of aryl methyl sites for hydroxylation is 2. The van der Waals surface area contributed by atoms with Crippen molar-refractivity contribution in [2.45, 2.75) is 77.5 Å². The van der Waals surface area contributed by atoms with Crippen molar-refractivity contribution in [3.05, 3.63) is 45.2 Å². The van der Waals surface area contributed by atoms with E-state index in [9.17, 15) is 4.79 Å². The maximum atomic E-state index is 12.9. The third-order valence-corrected chi connectivity index (χ3v) is 6.78. The van der Waals surface area contributed by atoms with E-state index in [1.807, 2.05) is 13.0 Å². The highest BCUT2D eigenvalue weighted by Gasteiger charge is 2.24. The SMILES string of the molecule is Cc1cc(C)c2[nH]c(=O)c(CN(C[C@@H]3CCCO3)C(=S)NC3CCCCC3)cc2c1. The lowest BCUT2D eigenvalue weighted by molar-refractivity contribution is 0.0894. The summed E-state index contributed by atoms with van der Waals surface area (Å²) in [6, 6.07) is 6.70. The second-order valence-electron chi connectivity index (χ2n) is 8.97. The number of rotatable bonds is 5. The number of ether oxygens (including phenoxy) is 1. The standard InChI is InChI=1S/C24H33N3O2S/c1-16-11-17(2)22-18(12-16)13-19(23(28)26-22)14-27(15-21-9-6-10-29-21)24(30)25-20-7-4-3-5-8-20/h11-13,20-21H,3-10,14-15H2,1-2H3,(H,25,30)(H,26,28)/t21-/m0/s1. The number of H-pyrrole nitrogens is 1. The summed E-state index contributed by atoms with van der Waals surface area (Å²) >= 11 is 5.82. The lowest BCUT2D eigenvalue weighted by Crippen LogP contribution is -2.47. The number of thiocarbonyl (C=S) groups is 1. The first-order chi connectivity index (χ1) is 14.5. The molecule has 0 spiro atoms. The highest BCUT2D eigenvalue weighted by molar-refractivity contribution is 7.80. The van der Waals surface area contributed by atoms with Crippen molar-refractivity contribution in [3.63, 3.8) is 0 Å². The van der Waals surface area contributed by atoms with Gasteiger partial charge >= 0.3 is 0 Å². The van der Waals surface area contributed by atoms with Crippen molar-refractivity contribution in [3.8, 4) is 0 Å². The van der Waals surface area contributed by atoms with Gasteiger partial charge in [-0.05, 0) is 74.8 Å². The molecule has 1 saturated carbocycles. The molecular formula is C24H33N3O2S. The van der Waals surface area contributed by atoms with Crippen molar-refractivity contribution in [2.24, 2.45) is 0 Å². The Kier molecular flexibility index (Phi) is 6.74. The Morgan fingerprint density at radius 2 is 1.97 bits per heavy atom. The van der Waals surface area contributed by atoms with Gasteiger partial charge in [0.15, 0.2) is 5.11 Å². The number of hydrogen-bond donors (Lipinski definition) is 2. The Hall–Kier alpha value is -1.92. The number of pyridine rings is 1. The van der Waals surface area contributed by atoms with E-state index in [2.05, 4.69) is 34.3 Å². The third kappa shape index (κ3) is 5.03. The van der Waals surface area contributed by atoms with Crippen LogP contribution in [0.25, 0.3) is 10.9 Å². The summed E-state index contributed by atoms with van der Waals surface area (Å²) < 4.78 is 5.88. The molecule has 0 amide bonds. The number of aromatic amines is 1.